The molecule has 1 aromatic heterocycles. The molecule has 0 atom stereocenters. The van der Waals surface area contributed by atoms with E-state index in [2.05, 4.69) is 15.9 Å². The molecule has 0 amide bonds. The zero-order valence-electron chi connectivity index (χ0n) is 10.9. The summed E-state index contributed by atoms with van der Waals surface area (Å²) >= 11 is 4.69. The molecule has 0 aliphatic carbocycles. The molecule has 1 aromatic carbocycles. The van der Waals surface area contributed by atoms with Crippen molar-refractivity contribution >= 4 is 38.9 Å². The molecule has 0 aliphatic heterocycles. The van der Waals surface area contributed by atoms with Crippen LogP contribution < -0.4 is 10.5 Å². The number of hydrogen-bond donors (Lipinski definition) is 1. The van der Waals surface area contributed by atoms with Gasteiger partial charge in [-0.15, -0.1) is 11.3 Å². The van der Waals surface area contributed by atoms with Crippen LogP contribution in [-0.2, 0) is 4.74 Å². The standard InChI is InChI=1S/C14H14BrNO3S/c1-9-12(16)8-13(20-9)14(17)19-6-5-18-11-4-2-3-10(15)7-11/h2-4,7-8H,5-6,16H2,1H3. The number of halogens is 1. The molecule has 1 heterocycles. The molecule has 2 aromatic rings. The number of aryl methyl sites for hydroxylation is 1. The van der Waals surface area contributed by atoms with E-state index in [0.717, 1.165) is 15.1 Å². The molecule has 0 saturated heterocycles. The van der Waals surface area contributed by atoms with E-state index in [-0.39, 0.29) is 12.6 Å². The van der Waals surface area contributed by atoms with Crippen molar-refractivity contribution in [2.75, 3.05) is 18.9 Å². The largest absolute Gasteiger partial charge is 0.490 e. The number of nitrogen functional groups attached to an aromatic ring is 1. The molecule has 0 bridgehead atoms. The van der Waals surface area contributed by atoms with Crippen LogP contribution in [0, 0.1) is 6.92 Å². The summed E-state index contributed by atoms with van der Waals surface area (Å²) in [7, 11) is 0. The van der Waals surface area contributed by atoms with Crippen molar-refractivity contribution in [2.45, 2.75) is 6.92 Å². The van der Waals surface area contributed by atoms with Crippen LogP contribution >= 0.6 is 27.3 Å². The Bertz CT molecular complexity index is 593. The lowest BCUT2D eigenvalue weighted by Crippen LogP contribution is -2.11. The third-order valence-corrected chi connectivity index (χ3v) is 4.08. The molecule has 2 N–H and O–H groups in total. The summed E-state index contributed by atoms with van der Waals surface area (Å²) < 4.78 is 11.5. The lowest BCUT2D eigenvalue weighted by atomic mass is 10.3. The van der Waals surface area contributed by atoms with Gasteiger partial charge in [0.1, 0.15) is 23.8 Å². The number of ether oxygens (including phenoxy) is 2. The third kappa shape index (κ3) is 3.98. The van der Waals surface area contributed by atoms with Crippen molar-refractivity contribution in [3.8, 4) is 5.75 Å². The maximum absolute atomic E-state index is 11.7. The monoisotopic (exact) mass is 355 g/mol. The maximum Gasteiger partial charge on any atom is 0.348 e. The van der Waals surface area contributed by atoms with Gasteiger partial charge in [0.05, 0.1) is 0 Å². The fourth-order valence-corrected chi connectivity index (χ4v) is 2.73. The Morgan fingerprint density at radius 1 is 1.35 bits per heavy atom. The average Bonchev–Trinajstić information content (AvgIpc) is 2.75. The number of carbonyl (C=O) groups excluding carboxylic acids is 1. The molecule has 0 unspecified atom stereocenters. The Morgan fingerprint density at radius 3 is 2.80 bits per heavy atom. The van der Waals surface area contributed by atoms with Crippen LogP contribution in [0.15, 0.2) is 34.8 Å². The molecule has 20 heavy (non-hydrogen) atoms. The molecule has 0 spiro atoms. The van der Waals surface area contributed by atoms with Crippen LogP contribution in [0.4, 0.5) is 5.69 Å². The van der Waals surface area contributed by atoms with Crippen LogP contribution in [0.3, 0.4) is 0 Å². The van der Waals surface area contributed by atoms with Gasteiger partial charge in [0.15, 0.2) is 0 Å². The van der Waals surface area contributed by atoms with Gasteiger partial charge in [-0.25, -0.2) is 4.79 Å². The number of rotatable bonds is 5. The second-order valence-corrected chi connectivity index (χ2v) is 6.24. The highest BCUT2D eigenvalue weighted by Crippen LogP contribution is 2.24. The van der Waals surface area contributed by atoms with Gasteiger partial charge in [0, 0.05) is 15.0 Å². The number of hydrogen-bond acceptors (Lipinski definition) is 5. The first kappa shape index (κ1) is 14.9. The van der Waals surface area contributed by atoms with E-state index in [4.69, 9.17) is 15.2 Å². The van der Waals surface area contributed by atoms with E-state index >= 15 is 0 Å². The zero-order chi connectivity index (χ0) is 14.5. The van der Waals surface area contributed by atoms with Gasteiger partial charge in [-0.3, -0.25) is 0 Å². The molecule has 0 fully saturated rings. The Balaban J connectivity index is 1.77. The summed E-state index contributed by atoms with van der Waals surface area (Å²) in [6.07, 6.45) is 0. The highest BCUT2D eigenvalue weighted by Gasteiger charge is 2.12. The minimum absolute atomic E-state index is 0.197. The Kier molecular flexibility index (Phi) is 5.03. The van der Waals surface area contributed by atoms with E-state index < -0.39 is 0 Å². The summed E-state index contributed by atoms with van der Waals surface area (Å²) in [4.78, 5) is 13.2. The van der Waals surface area contributed by atoms with Crippen molar-refractivity contribution in [2.24, 2.45) is 0 Å². The summed E-state index contributed by atoms with van der Waals surface area (Å²) in [6, 6.07) is 9.12. The van der Waals surface area contributed by atoms with E-state index in [0.29, 0.717) is 17.2 Å². The van der Waals surface area contributed by atoms with Crippen molar-refractivity contribution in [1.29, 1.82) is 0 Å². The predicted molar refractivity (Wildman–Crippen MR) is 83.4 cm³/mol. The lowest BCUT2D eigenvalue weighted by molar-refractivity contribution is 0.0456. The van der Waals surface area contributed by atoms with E-state index in [1.807, 2.05) is 31.2 Å². The highest BCUT2D eigenvalue weighted by molar-refractivity contribution is 9.10. The maximum atomic E-state index is 11.7. The van der Waals surface area contributed by atoms with Crippen LogP contribution in [0.2, 0.25) is 0 Å². The molecule has 2 rings (SSSR count). The topological polar surface area (TPSA) is 61.5 Å². The van der Waals surface area contributed by atoms with Crippen molar-refractivity contribution in [1.82, 2.24) is 0 Å². The van der Waals surface area contributed by atoms with Gasteiger partial charge in [0.2, 0.25) is 0 Å². The molecule has 0 saturated carbocycles. The van der Waals surface area contributed by atoms with Gasteiger partial charge < -0.3 is 15.2 Å². The molecular formula is C14H14BrNO3S. The van der Waals surface area contributed by atoms with Crippen LogP contribution in [0.5, 0.6) is 5.75 Å². The number of nitrogens with two attached hydrogens (primary N) is 1. The lowest BCUT2D eigenvalue weighted by Gasteiger charge is -2.06. The summed E-state index contributed by atoms with van der Waals surface area (Å²) in [5.74, 6) is 0.360. The first-order valence-electron chi connectivity index (χ1n) is 5.97. The second kappa shape index (κ2) is 6.76. The number of esters is 1. The minimum atomic E-state index is -0.368. The minimum Gasteiger partial charge on any atom is -0.490 e. The van der Waals surface area contributed by atoms with E-state index in [9.17, 15) is 4.79 Å². The SMILES string of the molecule is Cc1sc(C(=O)OCCOc2cccc(Br)c2)cc1N. The molecule has 4 nitrogen and oxygen atoms in total. The summed E-state index contributed by atoms with van der Waals surface area (Å²) in [5, 5.41) is 0. The van der Waals surface area contributed by atoms with Gasteiger partial charge in [-0.05, 0) is 31.2 Å². The van der Waals surface area contributed by atoms with Crippen LogP contribution in [-0.4, -0.2) is 19.2 Å². The molecule has 0 radical (unpaired) electrons. The van der Waals surface area contributed by atoms with Crippen molar-refractivity contribution in [3.63, 3.8) is 0 Å². The smallest absolute Gasteiger partial charge is 0.348 e. The Hall–Kier alpha value is -1.53. The fourth-order valence-electron chi connectivity index (χ4n) is 1.52. The first-order chi connectivity index (χ1) is 9.56. The van der Waals surface area contributed by atoms with Gasteiger partial charge in [0.25, 0.3) is 0 Å². The zero-order valence-corrected chi connectivity index (χ0v) is 13.3. The van der Waals surface area contributed by atoms with Crippen molar-refractivity contribution in [3.05, 3.63) is 44.6 Å². The Labute approximate surface area is 129 Å². The number of benzene rings is 1. The van der Waals surface area contributed by atoms with Crippen LogP contribution in [0.25, 0.3) is 0 Å². The number of anilines is 1. The third-order valence-electron chi connectivity index (χ3n) is 2.54. The normalized spacial score (nSPS) is 10.3. The number of carbonyl (C=O) groups is 1. The first-order valence-corrected chi connectivity index (χ1v) is 7.58. The van der Waals surface area contributed by atoms with E-state index in [1.165, 1.54) is 11.3 Å². The molecule has 0 aliphatic rings. The molecule has 6 heteroatoms. The van der Waals surface area contributed by atoms with Crippen LogP contribution in [0.1, 0.15) is 14.5 Å². The fraction of sp³-hybridized carbons (Fsp3) is 0.214. The average molecular weight is 356 g/mol. The molecular weight excluding hydrogens is 342 g/mol. The molecule has 106 valence electrons. The van der Waals surface area contributed by atoms with E-state index in [1.54, 1.807) is 6.07 Å². The second-order valence-electron chi connectivity index (χ2n) is 4.06. The summed E-state index contributed by atoms with van der Waals surface area (Å²) in [5.41, 5.74) is 6.31. The number of thiophene rings is 1. The van der Waals surface area contributed by atoms with Gasteiger partial charge in [-0.1, -0.05) is 22.0 Å². The van der Waals surface area contributed by atoms with Crippen molar-refractivity contribution < 1.29 is 14.3 Å². The quantitative estimate of drug-likeness (QED) is 0.656. The summed E-state index contributed by atoms with van der Waals surface area (Å²) in [6.45, 7) is 2.37. The highest BCUT2D eigenvalue weighted by atomic mass is 79.9. The Morgan fingerprint density at radius 2 is 2.15 bits per heavy atom. The van der Waals surface area contributed by atoms with Gasteiger partial charge >= 0.3 is 5.97 Å². The van der Waals surface area contributed by atoms with Gasteiger partial charge in [-0.2, -0.15) is 0 Å². The predicted octanol–water partition coefficient (Wildman–Crippen LogP) is 3.64.